The number of carboxylic acid groups (broad SMARTS) is 1. The number of benzene rings is 1. The number of methoxy groups -OCH3 is 1. The first kappa shape index (κ1) is 15.0. The minimum atomic E-state index is -1.24. The van der Waals surface area contributed by atoms with Gasteiger partial charge in [-0.15, -0.1) is 0 Å². The van der Waals surface area contributed by atoms with Crippen LogP contribution in [0.2, 0.25) is 0 Å². The molecule has 1 fully saturated rings. The van der Waals surface area contributed by atoms with Crippen LogP contribution in [-0.4, -0.2) is 42.4 Å². The lowest BCUT2D eigenvalue weighted by molar-refractivity contribution is -0.384. The number of nitro groups is 1. The summed E-state index contributed by atoms with van der Waals surface area (Å²) in [5, 5.41) is 23.3. The summed E-state index contributed by atoms with van der Waals surface area (Å²) in [5.74, 6) is -1.10. The van der Waals surface area contributed by atoms with E-state index in [1.807, 2.05) is 0 Å². The van der Waals surface area contributed by atoms with Crippen molar-refractivity contribution < 1.29 is 24.3 Å². The number of nitrogens with one attached hydrogen (secondary N) is 1. The van der Waals surface area contributed by atoms with E-state index in [2.05, 4.69) is 5.32 Å². The molecule has 0 radical (unpaired) electrons. The molecule has 2 rings (SSSR count). The fourth-order valence-corrected chi connectivity index (χ4v) is 2.22. The van der Waals surface area contributed by atoms with Crippen molar-refractivity contribution in [1.82, 2.24) is 0 Å². The molecule has 0 amide bonds. The van der Waals surface area contributed by atoms with Gasteiger partial charge in [-0.2, -0.15) is 0 Å². The predicted octanol–water partition coefficient (Wildman–Crippen LogP) is 1.89. The summed E-state index contributed by atoms with van der Waals surface area (Å²) >= 11 is 0. The molecule has 8 nitrogen and oxygen atoms in total. The van der Waals surface area contributed by atoms with Gasteiger partial charge in [0.1, 0.15) is 5.75 Å². The van der Waals surface area contributed by atoms with Crippen LogP contribution < -0.4 is 10.1 Å². The monoisotopic (exact) mass is 296 g/mol. The van der Waals surface area contributed by atoms with E-state index in [0.717, 1.165) is 18.9 Å². The molecular weight excluding hydrogens is 280 g/mol. The zero-order valence-corrected chi connectivity index (χ0v) is 11.5. The number of carboxylic acids is 1. The topological polar surface area (TPSA) is 111 Å². The van der Waals surface area contributed by atoms with Crippen molar-refractivity contribution in [2.75, 3.05) is 25.6 Å². The number of hydrogen-bond acceptors (Lipinski definition) is 6. The van der Waals surface area contributed by atoms with Gasteiger partial charge in [-0.25, -0.2) is 4.79 Å². The Hall–Kier alpha value is -2.35. The summed E-state index contributed by atoms with van der Waals surface area (Å²) in [6, 6.07) is 2.34. The van der Waals surface area contributed by atoms with E-state index < -0.39 is 10.9 Å². The van der Waals surface area contributed by atoms with Crippen molar-refractivity contribution in [3.05, 3.63) is 27.8 Å². The van der Waals surface area contributed by atoms with Gasteiger partial charge in [-0.3, -0.25) is 10.1 Å². The number of hydrogen-bond donors (Lipinski definition) is 2. The minimum absolute atomic E-state index is 0.0297. The van der Waals surface area contributed by atoms with Crippen LogP contribution in [0.5, 0.6) is 5.75 Å². The first-order valence-corrected chi connectivity index (χ1v) is 6.47. The maximum atomic E-state index is 11.2. The van der Waals surface area contributed by atoms with Crippen LogP contribution in [0.3, 0.4) is 0 Å². The Morgan fingerprint density at radius 3 is 2.67 bits per heavy atom. The lowest BCUT2D eigenvalue weighted by atomic mass is 10.1. The molecule has 0 bridgehead atoms. The number of ether oxygens (including phenoxy) is 2. The van der Waals surface area contributed by atoms with E-state index in [9.17, 15) is 14.9 Å². The van der Waals surface area contributed by atoms with E-state index in [-0.39, 0.29) is 28.7 Å². The van der Waals surface area contributed by atoms with Gasteiger partial charge in [0.05, 0.1) is 17.6 Å². The molecule has 1 aromatic rings. The number of rotatable bonds is 5. The van der Waals surface area contributed by atoms with Crippen molar-refractivity contribution in [2.45, 2.75) is 18.9 Å². The van der Waals surface area contributed by atoms with E-state index in [4.69, 9.17) is 14.6 Å². The van der Waals surface area contributed by atoms with Crippen LogP contribution in [0.1, 0.15) is 23.2 Å². The average Bonchev–Trinajstić information content (AvgIpc) is 2.47. The van der Waals surface area contributed by atoms with Gasteiger partial charge in [-0.1, -0.05) is 0 Å². The van der Waals surface area contributed by atoms with Gasteiger partial charge in [0, 0.05) is 25.3 Å². The first-order valence-electron chi connectivity index (χ1n) is 6.47. The molecule has 1 aliphatic heterocycles. The SMILES string of the molecule is COc1cc(C(=O)O)cc([N+](=O)[O-])c1NC1CCOCC1. The average molecular weight is 296 g/mol. The van der Waals surface area contributed by atoms with E-state index in [1.165, 1.54) is 13.2 Å². The van der Waals surface area contributed by atoms with Gasteiger partial charge < -0.3 is 19.9 Å². The molecule has 1 aliphatic rings. The summed E-state index contributed by atoms with van der Waals surface area (Å²) in [5.41, 5.74) is -0.284. The molecule has 1 saturated heterocycles. The minimum Gasteiger partial charge on any atom is -0.494 e. The van der Waals surface area contributed by atoms with Gasteiger partial charge in [0.25, 0.3) is 5.69 Å². The second-order valence-corrected chi connectivity index (χ2v) is 4.67. The molecule has 114 valence electrons. The molecular formula is C13H16N2O6. The number of nitro benzene ring substituents is 1. The summed E-state index contributed by atoms with van der Waals surface area (Å²) in [6.07, 6.45) is 1.45. The fraction of sp³-hybridized carbons (Fsp3) is 0.462. The maximum Gasteiger partial charge on any atom is 0.336 e. The molecule has 8 heteroatoms. The Labute approximate surface area is 120 Å². The maximum absolute atomic E-state index is 11.2. The molecule has 0 aromatic heterocycles. The van der Waals surface area contributed by atoms with Crippen LogP contribution in [-0.2, 0) is 4.74 Å². The van der Waals surface area contributed by atoms with Gasteiger partial charge in [-0.05, 0) is 18.9 Å². The van der Waals surface area contributed by atoms with Crippen molar-refractivity contribution in [3.63, 3.8) is 0 Å². The Balaban J connectivity index is 2.40. The molecule has 1 heterocycles. The molecule has 0 spiro atoms. The summed E-state index contributed by atoms with van der Waals surface area (Å²) in [7, 11) is 1.35. The highest BCUT2D eigenvalue weighted by Gasteiger charge is 2.25. The summed E-state index contributed by atoms with van der Waals surface area (Å²) < 4.78 is 10.3. The van der Waals surface area contributed by atoms with Crippen LogP contribution in [0.4, 0.5) is 11.4 Å². The highest BCUT2D eigenvalue weighted by atomic mass is 16.6. The fourth-order valence-electron chi connectivity index (χ4n) is 2.22. The second-order valence-electron chi connectivity index (χ2n) is 4.67. The predicted molar refractivity (Wildman–Crippen MR) is 74.1 cm³/mol. The van der Waals surface area contributed by atoms with Crippen LogP contribution in [0.15, 0.2) is 12.1 Å². The van der Waals surface area contributed by atoms with Gasteiger partial charge in [0.15, 0.2) is 5.69 Å². The molecule has 0 saturated carbocycles. The lowest BCUT2D eigenvalue weighted by Crippen LogP contribution is -2.28. The van der Waals surface area contributed by atoms with Crippen molar-refractivity contribution in [2.24, 2.45) is 0 Å². The third-order valence-corrected chi connectivity index (χ3v) is 3.31. The lowest BCUT2D eigenvalue weighted by Gasteiger charge is -2.25. The Morgan fingerprint density at radius 2 is 2.14 bits per heavy atom. The van der Waals surface area contributed by atoms with Crippen molar-refractivity contribution in [1.29, 1.82) is 0 Å². The van der Waals surface area contributed by atoms with Crippen molar-refractivity contribution >= 4 is 17.3 Å². The largest absolute Gasteiger partial charge is 0.494 e. The summed E-state index contributed by atoms with van der Waals surface area (Å²) in [4.78, 5) is 21.6. The molecule has 0 unspecified atom stereocenters. The molecule has 0 aliphatic carbocycles. The number of anilines is 1. The standard InChI is InChI=1S/C13H16N2O6/c1-20-11-7-8(13(16)17)6-10(15(18)19)12(11)14-9-2-4-21-5-3-9/h6-7,9,14H,2-5H2,1H3,(H,16,17). The van der Waals surface area contributed by atoms with Crippen LogP contribution in [0, 0.1) is 10.1 Å². The van der Waals surface area contributed by atoms with Gasteiger partial charge >= 0.3 is 5.97 Å². The number of nitrogens with zero attached hydrogens (tertiary/aromatic N) is 1. The summed E-state index contributed by atoms with van der Waals surface area (Å²) in [6.45, 7) is 1.17. The molecule has 2 N–H and O–H groups in total. The van der Waals surface area contributed by atoms with Crippen LogP contribution in [0.25, 0.3) is 0 Å². The zero-order valence-electron chi connectivity index (χ0n) is 11.5. The van der Waals surface area contributed by atoms with E-state index in [0.29, 0.717) is 13.2 Å². The Bertz CT molecular complexity index is 554. The van der Waals surface area contributed by atoms with E-state index in [1.54, 1.807) is 0 Å². The number of carbonyl (C=O) groups is 1. The van der Waals surface area contributed by atoms with E-state index >= 15 is 0 Å². The third kappa shape index (κ3) is 3.40. The molecule has 1 aromatic carbocycles. The second kappa shape index (κ2) is 6.40. The van der Waals surface area contributed by atoms with Crippen molar-refractivity contribution in [3.8, 4) is 5.75 Å². The van der Waals surface area contributed by atoms with Crippen LogP contribution >= 0.6 is 0 Å². The first-order chi connectivity index (χ1) is 10.0. The smallest absolute Gasteiger partial charge is 0.336 e. The number of aromatic carboxylic acids is 1. The normalized spacial score (nSPS) is 15.5. The molecule has 21 heavy (non-hydrogen) atoms. The Kier molecular flexibility index (Phi) is 4.59. The zero-order chi connectivity index (χ0) is 15.4. The third-order valence-electron chi connectivity index (χ3n) is 3.31. The molecule has 0 atom stereocenters. The quantitative estimate of drug-likeness (QED) is 0.630. The Morgan fingerprint density at radius 1 is 1.48 bits per heavy atom. The van der Waals surface area contributed by atoms with Gasteiger partial charge in [0.2, 0.25) is 0 Å². The highest BCUT2D eigenvalue weighted by Crippen LogP contribution is 2.37. The highest BCUT2D eigenvalue weighted by molar-refractivity contribution is 5.91.